The molecular weight excluding hydrogens is 516 g/mol. The van der Waals surface area contributed by atoms with E-state index in [9.17, 15) is 9.59 Å². The smallest absolute Gasteiger partial charge is 0.224 e. The molecule has 4 aromatic rings. The Morgan fingerprint density at radius 1 is 0.795 bits per heavy atom. The van der Waals surface area contributed by atoms with Crippen molar-refractivity contribution >= 4 is 29.1 Å². The molecule has 1 heterocycles. The average Bonchev–Trinajstić information content (AvgIpc) is 2.99. The second kappa shape index (κ2) is 12.9. The van der Waals surface area contributed by atoms with Crippen LogP contribution in [0.5, 0.6) is 17.2 Å². The zero-order valence-electron chi connectivity index (χ0n) is 22.1. The number of rotatable bonds is 11. The Kier molecular flexibility index (Phi) is 9.11. The number of nitrogens with one attached hydrogen (secondary N) is 1. The largest absolute Gasteiger partial charge is 0.496 e. The van der Waals surface area contributed by atoms with Crippen molar-refractivity contribution in [3.8, 4) is 39.8 Å². The molecule has 1 amide bonds. The molecule has 0 spiro atoms. The van der Waals surface area contributed by atoms with Crippen LogP contribution in [0.3, 0.4) is 0 Å². The number of hydrogen-bond donors (Lipinski definition) is 1. The number of aromatic nitrogens is 3. The number of benzene rings is 3. The highest BCUT2D eigenvalue weighted by molar-refractivity contribution is 7.99. The van der Waals surface area contributed by atoms with E-state index in [-0.39, 0.29) is 17.4 Å². The van der Waals surface area contributed by atoms with Crippen molar-refractivity contribution in [3.63, 3.8) is 0 Å². The number of methoxy groups -OCH3 is 3. The zero-order chi connectivity index (χ0) is 27.8. The van der Waals surface area contributed by atoms with E-state index >= 15 is 0 Å². The summed E-state index contributed by atoms with van der Waals surface area (Å²) in [4.78, 5) is 29.8. The van der Waals surface area contributed by atoms with Crippen LogP contribution in [0, 0.1) is 0 Å². The van der Waals surface area contributed by atoms with Gasteiger partial charge in [-0.1, -0.05) is 43.0 Å². The first-order valence-corrected chi connectivity index (χ1v) is 13.1. The van der Waals surface area contributed by atoms with E-state index in [0.29, 0.717) is 51.5 Å². The maximum absolute atomic E-state index is 13.1. The number of ether oxygens (including phenoxy) is 3. The standard InChI is InChI=1S/C29H28N4O5S/c1-5-26(35)30-21-16-18(14-15-25(21)38-4)22(34)17-39-29-31-27(19-10-6-8-12-23(19)36-2)28(32-33-29)20-11-7-9-13-24(20)37-3/h6-16H,5,17H2,1-4H3,(H,30,35). The highest BCUT2D eigenvalue weighted by Gasteiger charge is 2.20. The van der Waals surface area contributed by atoms with E-state index in [4.69, 9.17) is 19.2 Å². The summed E-state index contributed by atoms with van der Waals surface area (Å²) >= 11 is 1.17. The molecule has 0 atom stereocenters. The van der Waals surface area contributed by atoms with Crippen molar-refractivity contribution < 1.29 is 23.8 Å². The molecule has 0 saturated carbocycles. The molecule has 9 nitrogen and oxygen atoms in total. The number of ketones is 1. The molecule has 0 radical (unpaired) electrons. The van der Waals surface area contributed by atoms with Crippen molar-refractivity contribution in [1.29, 1.82) is 0 Å². The summed E-state index contributed by atoms with van der Waals surface area (Å²) in [7, 11) is 4.69. The van der Waals surface area contributed by atoms with E-state index in [1.165, 1.54) is 18.9 Å². The van der Waals surface area contributed by atoms with Gasteiger partial charge in [0.05, 0.1) is 32.8 Å². The van der Waals surface area contributed by atoms with Gasteiger partial charge in [0.15, 0.2) is 5.78 Å². The third-order valence-electron chi connectivity index (χ3n) is 5.84. The SMILES string of the molecule is CCC(=O)Nc1cc(C(=O)CSc2nnc(-c3ccccc3OC)c(-c3ccccc3OC)n2)ccc1OC. The Bertz CT molecular complexity index is 1490. The van der Waals surface area contributed by atoms with E-state index in [1.54, 1.807) is 39.3 Å². The van der Waals surface area contributed by atoms with Crippen LogP contribution < -0.4 is 19.5 Å². The molecule has 0 unspecified atom stereocenters. The Morgan fingerprint density at radius 2 is 1.41 bits per heavy atom. The molecular formula is C29H28N4O5S. The van der Waals surface area contributed by atoms with Gasteiger partial charge in [-0.3, -0.25) is 9.59 Å². The molecule has 4 rings (SSSR count). The number of Topliss-reactive ketones (excluding diaryl/α,β-unsaturated/α-hetero) is 1. The van der Waals surface area contributed by atoms with Gasteiger partial charge in [-0.25, -0.2) is 4.98 Å². The van der Waals surface area contributed by atoms with Gasteiger partial charge in [0.2, 0.25) is 11.1 Å². The molecule has 0 fully saturated rings. The molecule has 3 aromatic carbocycles. The van der Waals surface area contributed by atoms with Crippen molar-refractivity contribution in [2.24, 2.45) is 0 Å². The molecule has 1 N–H and O–H groups in total. The van der Waals surface area contributed by atoms with Crippen LogP contribution in [-0.2, 0) is 4.79 Å². The fourth-order valence-electron chi connectivity index (χ4n) is 3.85. The average molecular weight is 545 g/mol. The first-order chi connectivity index (χ1) is 19.0. The Morgan fingerprint density at radius 3 is 2.03 bits per heavy atom. The number of carbonyl (C=O) groups is 2. The van der Waals surface area contributed by atoms with Crippen LogP contribution in [0.2, 0.25) is 0 Å². The third-order valence-corrected chi connectivity index (χ3v) is 6.68. The van der Waals surface area contributed by atoms with Crippen LogP contribution in [0.1, 0.15) is 23.7 Å². The lowest BCUT2D eigenvalue weighted by molar-refractivity contribution is -0.115. The second-order valence-electron chi connectivity index (χ2n) is 8.22. The van der Waals surface area contributed by atoms with Crippen LogP contribution >= 0.6 is 11.8 Å². The minimum Gasteiger partial charge on any atom is -0.496 e. The predicted molar refractivity (Wildman–Crippen MR) is 151 cm³/mol. The van der Waals surface area contributed by atoms with E-state index in [2.05, 4.69) is 15.5 Å². The Hall–Kier alpha value is -4.44. The van der Waals surface area contributed by atoms with Crippen LogP contribution in [0.25, 0.3) is 22.5 Å². The summed E-state index contributed by atoms with van der Waals surface area (Å²) < 4.78 is 16.5. The summed E-state index contributed by atoms with van der Waals surface area (Å²) in [5, 5.41) is 11.9. The number of hydrogen-bond acceptors (Lipinski definition) is 9. The minimum absolute atomic E-state index is 0.0640. The van der Waals surface area contributed by atoms with Gasteiger partial charge in [0, 0.05) is 23.1 Å². The molecule has 0 bridgehead atoms. The number of para-hydroxylation sites is 2. The molecule has 0 saturated heterocycles. The second-order valence-corrected chi connectivity index (χ2v) is 9.16. The normalized spacial score (nSPS) is 10.6. The van der Waals surface area contributed by atoms with Crippen molar-refractivity contribution in [2.75, 3.05) is 32.4 Å². The summed E-state index contributed by atoms with van der Waals surface area (Å²) in [6, 6.07) is 19.9. The summed E-state index contributed by atoms with van der Waals surface area (Å²) in [6.07, 6.45) is 0.306. The monoisotopic (exact) mass is 544 g/mol. The Balaban J connectivity index is 1.65. The van der Waals surface area contributed by atoms with Crippen LogP contribution in [-0.4, -0.2) is 54.0 Å². The van der Waals surface area contributed by atoms with Crippen molar-refractivity contribution in [3.05, 3.63) is 72.3 Å². The van der Waals surface area contributed by atoms with Gasteiger partial charge in [0.1, 0.15) is 28.6 Å². The van der Waals surface area contributed by atoms with Gasteiger partial charge in [-0.2, -0.15) is 0 Å². The third kappa shape index (κ3) is 6.35. The zero-order valence-corrected chi connectivity index (χ0v) is 22.9. The number of anilines is 1. The number of amides is 1. The minimum atomic E-state index is -0.175. The van der Waals surface area contributed by atoms with Gasteiger partial charge < -0.3 is 19.5 Å². The molecule has 0 aliphatic carbocycles. The van der Waals surface area contributed by atoms with Gasteiger partial charge in [-0.05, 0) is 42.5 Å². The van der Waals surface area contributed by atoms with E-state index < -0.39 is 0 Å². The first kappa shape index (κ1) is 27.6. The van der Waals surface area contributed by atoms with Crippen LogP contribution in [0.15, 0.2) is 71.9 Å². The quantitative estimate of drug-likeness (QED) is 0.192. The van der Waals surface area contributed by atoms with Crippen molar-refractivity contribution in [1.82, 2.24) is 15.2 Å². The fraction of sp³-hybridized carbons (Fsp3) is 0.207. The highest BCUT2D eigenvalue weighted by Crippen LogP contribution is 2.38. The summed E-state index contributed by atoms with van der Waals surface area (Å²) in [5.41, 5.74) is 3.41. The van der Waals surface area contributed by atoms with E-state index in [1.807, 2.05) is 48.5 Å². The van der Waals surface area contributed by atoms with Crippen molar-refractivity contribution in [2.45, 2.75) is 18.5 Å². The molecule has 39 heavy (non-hydrogen) atoms. The molecule has 0 aliphatic rings. The molecule has 200 valence electrons. The van der Waals surface area contributed by atoms with Gasteiger partial charge in [-0.15, -0.1) is 10.2 Å². The maximum atomic E-state index is 13.1. The fourth-order valence-corrected chi connectivity index (χ4v) is 4.53. The summed E-state index contributed by atoms with van der Waals surface area (Å²) in [6.45, 7) is 1.75. The predicted octanol–water partition coefficient (Wildman–Crippen LogP) is 5.55. The first-order valence-electron chi connectivity index (χ1n) is 12.1. The number of thioether (sulfide) groups is 1. The van der Waals surface area contributed by atoms with E-state index in [0.717, 1.165) is 11.1 Å². The summed E-state index contributed by atoms with van der Waals surface area (Å²) in [5.74, 6) is 1.46. The lowest BCUT2D eigenvalue weighted by Gasteiger charge is -2.14. The molecule has 0 aliphatic heterocycles. The van der Waals surface area contributed by atoms with Crippen LogP contribution in [0.4, 0.5) is 5.69 Å². The number of nitrogens with zero attached hydrogens (tertiary/aromatic N) is 3. The van der Waals surface area contributed by atoms with Gasteiger partial charge >= 0.3 is 0 Å². The Labute approximate surface area is 230 Å². The molecule has 10 heteroatoms. The van der Waals surface area contributed by atoms with Gasteiger partial charge in [0.25, 0.3) is 0 Å². The topological polar surface area (TPSA) is 113 Å². The number of carbonyl (C=O) groups excluding carboxylic acids is 2. The lowest BCUT2D eigenvalue weighted by Crippen LogP contribution is -2.12. The molecule has 1 aromatic heterocycles. The lowest BCUT2D eigenvalue weighted by atomic mass is 10.0. The highest BCUT2D eigenvalue weighted by atomic mass is 32.2. The maximum Gasteiger partial charge on any atom is 0.224 e.